The van der Waals surface area contributed by atoms with E-state index < -0.39 is 0 Å². The van der Waals surface area contributed by atoms with Crippen molar-refractivity contribution in [1.82, 2.24) is 0 Å². The molecule has 0 unspecified atom stereocenters. The molecular weight excluding hydrogens is 1330 g/mol. The van der Waals surface area contributed by atoms with Crippen LogP contribution in [0.4, 0.5) is 34.1 Å². The van der Waals surface area contributed by atoms with Crippen LogP contribution in [0.3, 0.4) is 0 Å². The molecule has 21 rings (SSSR count). The summed E-state index contributed by atoms with van der Waals surface area (Å²) < 4.78 is 15.7. The molecular formula is C102H77BN2O2S. The fourth-order valence-corrected chi connectivity index (χ4v) is 18.8. The van der Waals surface area contributed by atoms with Crippen LogP contribution in [0.25, 0.3) is 153 Å². The van der Waals surface area contributed by atoms with Crippen LogP contribution in [-0.4, -0.2) is 6.71 Å². The summed E-state index contributed by atoms with van der Waals surface area (Å²) in [6.45, 7) is 21.1. The summed E-state index contributed by atoms with van der Waals surface area (Å²) in [7, 11) is 0. The van der Waals surface area contributed by atoms with Crippen molar-refractivity contribution in [3.63, 3.8) is 0 Å². The van der Waals surface area contributed by atoms with Crippen LogP contribution >= 0.6 is 11.3 Å². The molecule has 0 saturated carbocycles. The van der Waals surface area contributed by atoms with Gasteiger partial charge < -0.3 is 18.6 Å². The minimum absolute atomic E-state index is 0.235. The number of para-hydroxylation sites is 2. The van der Waals surface area contributed by atoms with E-state index >= 15 is 0 Å². The molecule has 108 heavy (non-hydrogen) atoms. The first-order chi connectivity index (χ1) is 52.4. The second kappa shape index (κ2) is 23.6. The molecule has 516 valence electrons. The first kappa shape index (κ1) is 64.2. The lowest BCUT2D eigenvalue weighted by Crippen LogP contribution is -2.61. The van der Waals surface area contributed by atoms with Crippen LogP contribution < -0.4 is 26.2 Å². The number of furan rings is 2. The van der Waals surface area contributed by atoms with E-state index in [1.807, 2.05) is 11.3 Å². The lowest BCUT2D eigenvalue weighted by Gasteiger charge is -2.47. The number of anilines is 6. The van der Waals surface area contributed by atoms with E-state index in [1.165, 1.54) is 75.5 Å². The first-order valence-electron chi connectivity index (χ1n) is 37.9. The van der Waals surface area contributed by atoms with Crippen LogP contribution in [0.1, 0.15) is 79.0 Å². The topological polar surface area (TPSA) is 32.8 Å². The minimum Gasteiger partial charge on any atom is -0.456 e. The highest BCUT2D eigenvalue weighted by molar-refractivity contribution is 7.25. The number of hydrogen-bond acceptors (Lipinski definition) is 5. The number of rotatable bonds is 4. The fourth-order valence-electron chi connectivity index (χ4n) is 17.7. The molecule has 13 bridgehead atoms. The molecule has 0 spiro atoms. The molecule has 3 aliphatic rings. The maximum atomic E-state index is 6.57. The van der Waals surface area contributed by atoms with Crippen molar-refractivity contribution in [3.8, 4) is 89.0 Å². The Labute approximate surface area is 634 Å². The number of nitrogens with zero attached hydrogens (tertiary/aromatic N) is 2. The van der Waals surface area contributed by atoms with Gasteiger partial charge in [0.05, 0.1) is 11.4 Å². The SMILES string of the molecule is CC(C)(C)c1cc(-c2ccccc2)c2c(c1)-c1cccc(c1)-c1ccc3sc4ccc(cc4c3c1)-c1cccc(c1)-c1cc(C(C)(C)C)cc(-c3ccccc3)c1N1c3ccc(-c4ccc5oc6ccccc6c5c4)cc3B3c4cc(-c5ccc6oc7ccccc7c6c5)ccc4N2c2cc(C(C)(C)C)cc1c23. The van der Waals surface area contributed by atoms with Crippen LogP contribution in [0.15, 0.2) is 312 Å². The molecule has 18 aromatic rings. The molecule has 0 fully saturated rings. The number of thiophene rings is 1. The molecule has 6 heteroatoms. The Bertz CT molecular complexity index is 6430. The molecule has 0 atom stereocenters. The van der Waals surface area contributed by atoms with Crippen LogP contribution in [0.5, 0.6) is 0 Å². The van der Waals surface area contributed by atoms with Crippen molar-refractivity contribution in [2.24, 2.45) is 0 Å². The molecule has 0 N–H and O–H groups in total. The van der Waals surface area contributed by atoms with Crippen LogP contribution in [-0.2, 0) is 16.2 Å². The zero-order valence-corrected chi connectivity index (χ0v) is 62.9. The predicted octanol–water partition coefficient (Wildman–Crippen LogP) is 27.5. The summed E-state index contributed by atoms with van der Waals surface area (Å²) >= 11 is 1.88. The highest BCUT2D eigenvalue weighted by Crippen LogP contribution is 2.56. The highest BCUT2D eigenvalue weighted by atomic mass is 32.1. The van der Waals surface area contributed by atoms with E-state index in [1.54, 1.807) is 0 Å². The smallest absolute Gasteiger partial charge is 0.252 e. The first-order valence-corrected chi connectivity index (χ1v) is 38.8. The molecule has 0 radical (unpaired) electrons. The molecule has 3 aromatic heterocycles. The summed E-state index contributed by atoms with van der Waals surface area (Å²) in [6, 6.07) is 116. The van der Waals surface area contributed by atoms with E-state index in [0.717, 1.165) is 145 Å². The average Bonchev–Trinajstić information content (AvgIpc) is 0.910. The van der Waals surface area contributed by atoms with Gasteiger partial charge in [0.25, 0.3) is 6.71 Å². The summed E-state index contributed by atoms with van der Waals surface area (Å²) in [4.78, 5) is 5.46. The zero-order chi connectivity index (χ0) is 72.8. The lowest BCUT2D eigenvalue weighted by molar-refractivity contribution is 0.590. The molecule has 15 aromatic carbocycles. The predicted molar refractivity (Wildman–Crippen MR) is 461 cm³/mol. The molecule has 0 amide bonds. The Balaban J connectivity index is 0.960. The van der Waals surface area contributed by atoms with Crippen molar-refractivity contribution in [2.75, 3.05) is 9.80 Å². The van der Waals surface area contributed by atoms with Gasteiger partial charge in [-0.2, -0.15) is 0 Å². The third-order valence-electron chi connectivity index (χ3n) is 23.4. The van der Waals surface area contributed by atoms with Gasteiger partial charge in [-0.1, -0.05) is 244 Å². The Kier molecular flexibility index (Phi) is 14.1. The van der Waals surface area contributed by atoms with Crippen molar-refractivity contribution >= 4 is 133 Å². The van der Waals surface area contributed by atoms with Crippen molar-refractivity contribution in [3.05, 3.63) is 320 Å². The van der Waals surface area contributed by atoms with Gasteiger partial charge in [0, 0.05) is 86.7 Å². The second-order valence-corrected chi connectivity index (χ2v) is 34.3. The van der Waals surface area contributed by atoms with E-state index in [-0.39, 0.29) is 23.0 Å². The van der Waals surface area contributed by atoms with E-state index in [2.05, 4.69) is 375 Å². The maximum Gasteiger partial charge on any atom is 0.252 e. The number of hydrogen-bond donors (Lipinski definition) is 0. The summed E-state index contributed by atoms with van der Waals surface area (Å²) in [6.07, 6.45) is 0. The van der Waals surface area contributed by atoms with Gasteiger partial charge in [0.15, 0.2) is 0 Å². The summed E-state index contributed by atoms with van der Waals surface area (Å²) in [5, 5.41) is 6.93. The number of benzene rings is 15. The Morgan fingerprint density at radius 3 is 1.00 bits per heavy atom. The van der Waals surface area contributed by atoms with Gasteiger partial charge in [0.2, 0.25) is 0 Å². The highest BCUT2D eigenvalue weighted by Gasteiger charge is 2.47. The monoisotopic (exact) mass is 1400 g/mol. The molecule has 0 aliphatic carbocycles. The summed E-state index contributed by atoms with van der Waals surface area (Å²) in [5.74, 6) is 0. The Hall–Kier alpha value is -12.2. The van der Waals surface area contributed by atoms with Gasteiger partial charge in [-0.15, -0.1) is 11.3 Å². The summed E-state index contributed by atoms with van der Waals surface area (Å²) in [5.41, 5.74) is 35.3. The fraction of sp³-hybridized carbons (Fsp3) is 0.118. The zero-order valence-electron chi connectivity index (χ0n) is 62.1. The van der Waals surface area contributed by atoms with E-state index in [9.17, 15) is 0 Å². The standard InChI is InChI=1S/C102H77BN2O2S/c1-100(2,3)72-54-77(60-22-12-10-13-23-60)98-79(56-72)70-28-20-26-62(46-70)66-38-44-95-83(50-66)84-51-67(39-45-96(84)108-95)63-27-21-29-71(47-63)80-57-73(101(4,5)6)55-78(61-24-14-11-15-25-61)99(80)105-88-41-35-69(65-37-43-94-82(49-65)76-31-17-19-33-92(76)107-94)53-86(88)103-85-52-68(64-36-42-93-81(48-64)75-30-16-18-32-91(75)106-93)34-40-87(85)104(98)89-58-74(102(7,8)9)59-90(105)97(89)103/h10-59H,1-9H3. The largest absolute Gasteiger partial charge is 0.456 e. The second-order valence-electron chi connectivity index (χ2n) is 33.2. The number of fused-ring (bicyclic) bond motifs is 26. The van der Waals surface area contributed by atoms with E-state index in [0.29, 0.717) is 0 Å². The van der Waals surface area contributed by atoms with Crippen molar-refractivity contribution < 1.29 is 8.83 Å². The van der Waals surface area contributed by atoms with Gasteiger partial charge in [-0.25, -0.2) is 0 Å². The lowest BCUT2D eigenvalue weighted by atomic mass is 9.33. The van der Waals surface area contributed by atoms with Gasteiger partial charge >= 0.3 is 0 Å². The van der Waals surface area contributed by atoms with Gasteiger partial charge in [0.1, 0.15) is 22.3 Å². The third kappa shape index (κ3) is 10.2. The Morgan fingerprint density at radius 1 is 0.250 bits per heavy atom. The minimum atomic E-state index is -0.334. The third-order valence-corrected chi connectivity index (χ3v) is 24.6. The quantitative estimate of drug-likeness (QED) is 0.164. The van der Waals surface area contributed by atoms with Crippen LogP contribution in [0, 0.1) is 0 Å². The van der Waals surface area contributed by atoms with Gasteiger partial charge in [-0.3, -0.25) is 0 Å². The molecule has 0 saturated heterocycles. The molecule has 4 nitrogen and oxygen atoms in total. The van der Waals surface area contributed by atoms with Gasteiger partial charge in [-0.05, 0) is 237 Å². The molecule has 6 heterocycles. The average molecular weight is 1410 g/mol. The normalized spacial score (nSPS) is 13.2. The van der Waals surface area contributed by atoms with Crippen LogP contribution in [0.2, 0.25) is 0 Å². The van der Waals surface area contributed by atoms with E-state index in [4.69, 9.17) is 8.83 Å². The van der Waals surface area contributed by atoms with Crippen molar-refractivity contribution in [2.45, 2.75) is 78.6 Å². The Morgan fingerprint density at radius 2 is 0.574 bits per heavy atom. The molecule has 3 aliphatic heterocycles. The maximum absolute atomic E-state index is 6.57. The van der Waals surface area contributed by atoms with Crippen molar-refractivity contribution in [1.29, 1.82) is 0 Å².